The minimum atomic E-state index is -4.17. The molecule has 1 aromatic carbocycles. The van der Waals surface area contributed by atoms with Crippen molar-refractivity contribution in [1.29, 1.82) is 5.26 Å². The Kier molecular flexibility index (Phi) is 5.82. The van der Waals surface area contributed by atoms with Crippen LogP contribution in [0.5, 0.6) is 0 Å². The normalized spacial score (nSPS) is 26.4. The summed E-state index contributed by atoms with van der Waals surface area (Å²) < 4.78 is 53.0. The Labute approximate surface area is 136 Å². The average Bonchev–Trinajstić information content (AvgIpc) is 2.55. The van der Waals surface area contributed by atoms with Crippen LogP contribution in [0.3, 0.4) is 0 Å². The summed E-state index contributed by atoms with van der Waals surface area (Å²) in [5, 5.41) is 9.38. The third-order valence-corrected chi connectivity index (χ3v) is 5.60. The summed E-state index contributed by atoms with van der Waals surface area (Å²) in [4.78, 5) is 0.638. The van der Waals surface area contributed by atoms with Crippen LogP contribution in [-0.4, -0.2) is 16.9 Å². The molecule has 1 aliphatic rings. The van der Waals surface area contributed by atoms with Gasteiger partial charge in [0.25, 0.3) is 0 Å². The van der Waals surface area contributed by atoms with E-state index in [0.29, 0.717) is 17.9 Å². The van der Waals surface area contributed by atoms with Crippen molar-refractivity contribution in [3.05, 3.63) is 30.3 Å². The molecule has 1 N–H and O–H groups in total. The molecule has 0 aromatic heterocycles. The van der Waals surface area contributed by atoms with Crippen LogP contribution in [0.15, 0.2) is 35.2 Å². The summed E-state index contributed by atoms with van der Waals surface area (Å²) in [6, 6.07) is 11.1. The van der Waals surface area contributed by atoms with E-state index < -0.39 is 28.5 Å². The zero-order valence-electron chi connectivity index (χ0n) is 12.6. The summed E-state index contributed by atoms with van der Waals surface area (Å²) in [6.45, 7) is 0.339. The van der Waals surface area contributed by atoms with Gasteiger partial charge < -0.3 is 0 Å². The van der Waals surface area contributed by atoms with Crippen molar-refractivity contribution in [1.82, 2.24) is 4.72 Å². The van der Waals surface area contributed by atoms with Gasteiger partial charge in [0.2, 0.25) is 0 Å². The van der Waals surface area contributed by atoms with Gasteiger partial charge >= 0.3 is 6.18 Å². The summed E-state index contributed by atoms with van der Waals surface area (Å²) in [5.74, 6) is -1.30. The van der Waals surface area contributed by atoms with E-state index in [9.17, 15) is 22.6 Å². The van der Waals surface area contributed by atoms with Gasteiger partial charge in [-0.3, -0.25) is 0 Å². The summed E-state index contributed by atoms with van der Waals surface area (Å²) in [5.41, 5.74) is -0.740. The molecule has 1 aromatic rings. The maximum Gasteiger partial charge on any atom is 0.391 e. The first-order chi connectivity index (χ1) is 10.9. The molecule has 126 valence electrons. The molecule has 7 heteroatoms. The first-order valence-electron chi connectivity index (χ1n) is 7.55. The minimum Gasteiger partial charge on any atom is -0.238 e. The lowest BCUT2D eigenvalue weighted by atomic mass is 9.69. The molecular formula is C16H19F3N2OS. The number of halogens is 3. The largest absolute Gasteiger partial charge is 0.391 e. The number of nitrogens with zero attached hydrogens (tertiary/aromatic N) is 1. The van der Waals surface area contributed by atoms with Gasteiger partial charge in [0.1, 0.15) is 11.0 Å². The lowest BCUT2D eigenvalue weighted by Crippen LogP contribution is -2.35. The van der Waals surface area contributed by atoms with Gasteiger partial charge in [-0.05, 0) is 44.2 Å². The van der Waals surface area contributed by atoms with Crippen LogP contribution < -0.4 is 4.72 Å². The number of hydrogen-bond donors (Lipinski definition) is 1. The van der Waals surface area contributed by atoms with Crippen LogP contribution >= 0.6 is 0 Å². The Morgan fingerprint density at radius 1 is 1.26 bits per heavy atom. The molecular weight excluding hydrogens is 325 g/mol. The highest BCUT2D eigenvalue weighted by Crippen LogP contribution is 2.46. The van der Waals surface area contributed by atoms with Crippen molar-refractivity contribution in [3.63, 3.8) is 0 Å². The van der Waals surface area contributed by atoms with E-state index in [4.69, 9.17) is 0 Å². The smallest absolute Gasteiger partial charge is 0.238 e. The summed E-state index contributed by atoms with van der Waals surface area (Å²) in [6.07, 6.45) is -3.28. The second-order valence-corrected chi connectivity index (χ2v) is 7.23. The number of rotatable bonds is 5. The average molecular weight is 344 g/mol. The highest BCUT2D eigenvalue weighted by molar-refractivity contribution is 7.83. The standard InChI is InChI=1S/C16H19F3N2OS/c17-16(18,19)13-6-8-15(12-20,9-7-13)10-11-21-23(22)14-4-2-1-3-5-14/h1-5,13,21H,6-11H2. The van der Waals surface area contributed by atoms with E-state index >= 15 is 0 Å². The van der Waals surface area contributed by atoms with E-state index in [0.717, 1.165) is 0 Å². The highest BCUT2D eigenvalue weighted by atomic mass is 32.2. The van der Waals surface area contributed by atoms with Crippen molar-refractivity contribution in [2.24, 2.45) is 11.3 Å². The zero-order valence-corrected chi connectivity index (χ0v) is 13.4. The Balaban J connectivity index is 1.84. The molecule has 1 saturated carbocycles. The van der Waals surface area contributed by atoms with Gasteiger partial charge in [0, 0.05) is 6.54 Å². The molecule has 1 fully saturated rings. The number of nitrogens with one attached hydrogen (secondary N) is 1. The molecule has 1 aliphatic carbocycles. The third-order valence-electron chi connectivity index (χ3n) is 4.44. The van der Waals surface area contributed by atoms with Crippen molar-refractivity contribution in [3.8, 4) is 6.07 Å². The lowest BCUT2D eigenvalue weighted by molar-refractivity contribution is -0.185. The second-order valence-electron chi connectivity index (χ2n) is 5.93. The maximum atomic E-state index is 12.7. The molecule has 3 nitrogen and oxygen atoms in total. The van der Waals surface area contributed by atoms with Crippen LogP contribution in [0.1, 0.15) is 32.1 Å². The van der Waals surface area contributed by atoms with E-state index in [2.05, 4.69) is 10.8 Å². The van der Waals surface area contributed by atoms with Crippen LogP contribution in [0.2, 0.25) is 0 Å². The topological polar surface area (TPSA) is 52.9 Å². The van der Waals surface area contributed by atoms with Gasteiger partial charge in [-0.1, -0.05) is 18.2 Å². The Hall–Kier alpha value is -1.39. The van der Waals surface area contributed by atoms with Gasteiger partial charge in [0.15, 0.2) is 0 Å². The third kappa shape index (κ3) is 4.79. The molecule has 2 rings (SSSR count). The zero-order chi connectivity index (χ0) is 16.9. The van der Waals surface area contributed by atoms with Crippen molar-refractivity contribution >= 4 is 11.0 Å². The Bertz CT molecular complexity index is 575. The van der Waals surface area contributed by atoms with Crippen LogP contribution in [0.25, 0.3) is 0 Å². The van der Waals surface area contributed by atoms with E-state index in [1.165, 1.54) is 0 Å². The summed E-state index contributed by atoms with van der Waals surface area (Å²) in [7, 11) is -1.37. The summed E-state index contributed by atoms with van der Waals surface area (Å²) >= 11 is 0. The molecule has 0 amide bonds. The van der Waals surface area contributed by atoms with E-state index in [-0.39, 0.29) is 25.7 Å². The Morgan fingerprint density at radius 3 is 2.39 bits per heavy atom. The highest BCUT2D eigenvalue weighted by Gasteiger charge is 2.45. The Morgan fingerprint density at radius 2 is 1.87 bits per heavy atom. The van der Waals surface area contributed by atoms with Crippen LogP contribution in [0.4, 0.5) is 13.2 Å². The molecule has 0 heterocycles. The van der Waals surface area contributed by atoms with Gasteiger partial charge in [-0.2, -0.15) is 18.4 Å². The first kappa shape index (κ1) is 18.0. The fourth-order valence-electron chi connectivity index (χ4n) is 2.93. The first-order valence-corrected chi connectivity index (χ1v) is 8.70. The second kappa shape index (κ2) is 7.45. The number of alkyl halides is 3. The van der Waals surface area contributed by atoms with Crippen molar-refractivity contribution in [2.45, 2.75) is 43.2 Å². The fraction of sp³-hybridized carbons (Fsp3) is 0.562. The molecule has 1 atom stereocenters. The minimum absolute atomic E-state index is 0.00116. The van der Waals surface area contributed by atoms with E-state index in [1.54, 1.807) is 24.3 Å². The van der Waals surface area contributed by atoms with Gasteiger partial charge in [0.05, 0.1) is 22.3 Å². The molecule has 0 aliphatic heterocycles. The van der Waals surface area contributed by atoms with Gasteiger partial charge in [-0.25, -0.2) is 8.93 Å². The molecule has 0 bridgehead atoms. The molecule has 0 saturated heterocycles. The molecule has 0 radical (unpaired) electrons. The van der Waals surface area contributed by atoms with Crippen LogP contribution in [0, 0.1) is 22.7 Å². The predicted octanol–water partition coefficient (Wildman–Crippen LogP) is 3.95. The number of hydrogen-bond acceptors (Lipinski definition) is 2. The molecule has 1 unspecified atom stereocenters. The number of nitriles is 1. The van der Waals surface area contributed by atoms with Crippen LogP contribution in [-0.2, 0) is 11.0 Å². The predicted molar refractivity (Wildman–Crippen MR) is 81.5 cm³/mol. The van der Waals surface area contributed by atoms with Gasteiger partial charge in [-0.15, -0.1) is 0 Å². The molecule has 23 heavy (non-hydrogen) atoms. The monoisotopic (exact) mass is 344 g/mol. The van der Waals surface area contributed by atoms with Crippen molar-refractivity contribution in [2.75, 3.05) is 6.54 Å². The SMILES string of the molecule is N#CC1(CCNS(=O)c2ccccc2)CCC(C(F)(F)F)CC1. The van der Waals surface area contributed by atoms with E-state index in [1.807, 2.05) is 6.07 Å². The lowest BCUT2D eigenvalue weighted by Gasteiger charge is -2.35. The number of benzene rings is 1. The van der Waals surface area contributed by atoms with Crippen molar-refractivity contribution < 1.29 is 17.4 Å². The maximum absolute atomic E-state index is 12.7. The molecule has 0 spiro atoms. The fourth-order valence-corrected chi connectivity index (χ4v) is 3.78. The quantitative estimate of drug-likeness (QED) is 0.879.